The minimum Gasteiger partial charge on any atom is -0.408 e. The highest BCUT2D eigenvalue weighted by Gasteiger charge is 2.40. The van der Waals surface area contributed by atoms with Crippen LogP contribution in [-0.4, -0.2) is 33.7 Å². The van der Waals surface area contributed by atoms with E-state index < -0.39 is 11.4 Å². The van der Waals surface area contributed by atoms with Gasteiger partial charge in [-0.25, -0.2) is 9.59 Å². The molecule has 7 heteroatoms. The lowest BCUT2D eigenvalue weighted by Crippen LogP contribution is -2.37. The summed E-state index contributed by atoms with van der Waals surface area (Å²) in [6.07, 6.45) is 0.485. The normalized spacial score (nSPS) is 19.3. The summed E-state index contributed by atoms with van der Waals surface area (Å²) in [5.74, 6) is -0.413. The number of nitrogens with zero attached hydrogens (tertiary/aromatic N) is 2. The van der Waals surface area contributed by atoms with Crippen molar-refractivity contribution in [1.29, 1.82) is 0 Å². The van der Waals surface area contributed by atoms with E-state index in [1.165, 1.54) is 4.57 Å². The Morgan fingerprint density at radius 2 is 2.07 bits per heavy atom. The highest BCUT2D eigenvalue weighted by molar-refractivity contribution is 5.91. The average molecular weight is 381 g/mol. The van der Waals surface area contributed by atoms with Gasteiger partial charge in [-0.15, -0.1) is 0 Å². The molecule has 0 saturated carbocycles. The number of fused-ring (bicyclic) bond motifs is 1. The molecule has 0 spiro atoms. The van der Waals surface area contributed by atoms with E-state index >= 15 is 0 Å². The zero-order valence-corrected chi connectivity index (χ0v) is 15.9. The van der Waals surface area contributed by atoms with Crippen molar-refractivity contribution in [2.45, 2.75) is 32.4 Å². The van der Waals surface area contributed by atoms with Gasteiger partial charge in [0.05, 0.1) is 12.1 Å². The summed E-state index contributed by atoms with van der Waals surface area (Å²) in [4.78, 5) is 26.1. The molecule has 3 aromatic rings. The molecule has 28 heavy (non-hydrogen) atoms. The van der Waals surface area contributed by atoms with Crippen LogP contribution in [0.3, 0.4) is 0 Å². The van der Waals surface area contributed by atoms with Crippen LogP contribution in [0.2, 0.25) is 0 Å². The van der Waals surface area contributed by atoms with E-state index in [9.17, 15) is 14.7 Å². The number of carbonyl (C=O) groups is 1. The van der Waals surface area contributed by atoms with E-state index in [1.54, 1.807) is 23.1 Å². The Morgan fingerprint density at radius 1 is 1.29 bits per heavy atom. The molecule has 0 unspecified atom stereocenters. The number of amides is 2. The van der Waals surface area contributed by atoms with Crippen molar-refractivity contribution in [3.05, 3.63) is 64.1 Å². The van der Waals surface area contributed by atoms with Crippen LogP contribution in [-0.2, 0) is 12.1 Å². The average Bonchev–Trinajstić information content (AvgIpc) is 3.21. The lowest BCUT2D eigenvalue weighted by Gasteiger charge is -2.25. The molecule has 1 saturated heterocycles. The smallest absolute Gasteiger partial charge is 0.408 e. The molecule has 1 aromatic heterocycles. The predicted molar refractivity (Wildman–Crippen MR) is 106 cm³/mol. The third-order valence-corrected chi connectivity index (χ3v) is 5.42. The number of aliphatic hydroxyl groups is 1. The van der Waals surface area contributed by atoms with Crippen LogP contribution in [0.5, 0.6) is 0 Å². The Bertz CT molecular complexity index is 1100. The second-order valence-corrected chi connectivity index (χ2v) is 7.24. The number of oxazole rings is 1. The fraction of sp³-hybridized carbons (Fsp3) is 0.333. The number of aryl methyl sites for hydroxylation is 2. The topological polar surface area (TPSA) is 87.7 Å². The second kappa shape index (κ2) is 6.83. The standard InChI is InChI=1S/C21H23N3O4/c1-3-24-17-9-8-15(12-18(17)28-20(24)26)22-19(25)23-11-10-21(27,13-23)16-7-5-4-6-14(16)2/h4-9,12,27H,3,10-11,13H2,1-2H3,(H,22,25)/t21-/m0/s1. The highest BCUT2D eigenvalue weighted by Crippen LogP contribution is 2.34. The highest BCUT2D eigenvalue weighted by atomic mass is 16.4. The van der Waals surface area contributed by atoms with Gasteiger partial charge in [0.2, 0.25) is 0 Å². The fourth-order valence-electron chi connectivity index (χ4n) is 3.93. The van der Waals surface area contributed by atoms with Gasteiger partial charge < -0.3 is 19.7 Å². The monoisotopic (exact) mass is 381 g/mol. The fourth-order valence-corrected chi connectivity index (χ4v) is 3.93. The molecule has 0 aliphatic carbocycles. The Balaban J connectivity index is 1.51. The molecule has 4 rings (SSSR count). The van der Waals surface area contributed by atoms with Gasteiger partial charge >= 0.3 is 11.8 Å². The predicted octanol–water partition coefficient (Wildman–Crippen LogP) is 3.05. The molecule has 1 atom stereocenters. The first kappa shape index (κ1) is 18.3. The number of anilines is 1. The maximum Gasteiger partial charge on any atom is 0.419 e. The van der Waals surface area contributed by atoms with Gasteiger partial charge in [0, 0.05) is 24.8 Å². The van der Waals surface area contributed by atoms with Crippen LogP contribution in [0, 0.1) is 6.92 Å². The molecule has 0 bridgehead atoms. The summed E-state index contributed by atoms with van der Waals surface area (Å²) in [7, 11) is 0. The van der Waals surface area contributed by atoms with Gasteiger partial charge in [0.25, 0.3) is 0 Å². The molecule has 0 radical (unpaired) electrons. The van der Waals surface area contributed by atoms with Crippen molar-refractivity contribution in [2.75, 3.05) is 18.4 Å². The summed E-state index contributed by atoms with van der Waals surface area (Å²) < 4.78 is 6.78. The quantitative estimate of drug-likeness (QED) is 0.730. The Labute approximate surface area is 162 Å². The number of carbonyl (C=O) groups excluding carboxylic acids is 1. The maximum atomic E-state index is 12.7. The number of hydrogen-bond donors (Lipinski definition) is 2. The van der Waals surface area contributed by atoms with E-state index in [2.05, 4.69) is 5.32 Å². The summed E-state index contributed by atoms with van der Waals surface area (Å²) in [5.41, 5.74) is 2.49. The number of benzene rings is 2. The van der Waals surface area contributed by atoms with Crippen molar-refractivity contribution in [3.63, 3.8) is 0 Å². The third-order valence-electron chi connectivity index (χ3n) is 5.42. The summed E-state index contributed by atoms with van der Waals surface area (Å²) in [5, 5.41) is 13.9. The van der Waals surface area contributed by atoms with Crippen molar-refractivity contribution >= 4 is 22.8 Å². The van der Waals surface area contributed by atoms with Gasteiger partial charge in [0.1, 0.15) is 5.60 Å². The Kier molecular flexibility index (Phi) is 4.47. The molecule has 1 aliphatic rings. The number of rotatable bonds is 3. The van der Waals surface area contributed by atoms with Crippen molar-refractivity contribution in [2.24, 2.45) is 0 Å². The minimum absolute atomic E-state index is 0.229. The summed E-state index contributed by atoms with van der Waals surface area (Å²) >= 11 is 0. The molecule has 7 nitrogen and oxygen atoms in total. The van der Waals surface area contributed by atoms with Gasteiger partial charge in [-0.3, -0.25) is 4.57 Å². The van der Waals surface area contributed by atoms with Crippen molar-refractivity contribution in [3.8, 4) is 0 Å². The lowest BCUT2D eigenvalue weighted by molar-refractivity contribution is 0.0494. The van der Waals surface area contributed by atoms with Crippen LogP contribution in [0.25, 0.3) is 11.1 Å². The summed E-state index contributed by atoms with van der Waals surface area (Å²) in [6, 6.07) is 12.5. The second-order valence-electron chi connectivity index (χ2n) is 7.24. The van der Waals surface area contributed by atoms with Crippen LogP contribution in [0.4, 0.5) is 10.5 Å². The molecule has 2 aromatic carbocycles. The first-order valence-corrected chi connectivity index (χ1v) is 9.39. The zero-order valence-electron chi connectivity index (χ0n) is 15.9. The van der Waals surface area contributed by atoms with Crippen LogP contribution >= 0.6 is 0 Å². The number of likely N-dealkylation sites (tertiary alicyclic amines) is 1. The number of nitrogens with one attached hydrogen (secondary N) is 1. The molecule has 2 amide bonds. The third kappa shape index (κ3) is 3.07. The van der Waals surface area contributed by atoms with Crippen molar-refractivity contribution < 1.29 is 14.3 Å². The SMILES string of the molecule is CCn1c(=O)oc2cc(NC(=O)N3CC[C@@](O)(c4ccccc4C)C3)ccc21. The molecule has 146 valence electrons. The van der Waals surface area contributed by atoms with E-state index in [0.29, 0.717) is 36.3 Å². The molecular weight excluding hydrogens is 358 g/mol. The number of hydrogen-bond acceptors (Lipinski definition) is 4. The van der Waals surface area contributed by atoms with E-state index in [1.807, 2.05) is 38.1 Å². The first-order chi connectivity index (χ1) is 13.4. The van der Waals surface area contributed by atoms with Crippen LogP contribution < -0.4 is 11.1 Å². The van der Waals surface area contributed by atoms with Gasteiger partial charge in [0.15, 0.2) is 5.58 Å². The van der Waals surface area contributed by atoms with E-state index in [-0.39, 0.29) is 12.6 Å². The first-order valence-electron chi connectivity index (χ1n) is 9.39. The van der Waals surface area contributed by atoms with Crippen LogP contribution in [0.1, 0.15) is 24.5 Å². The molecule has 2 N–H and O–H groups in total. The Hall–Kier alpha value is -3.06. The maximum absolute atomic E-state index is 12.7. The number of aromatic nitrogens is 1. The van der Waals surface area contributed by atoms with Gasteiger partial charge in [-0.2, -0.15) is 0 Å². The zero-order chi connectivity index (χ0) is 19.9. The largest absolute Gasteiger partial charge is 0.419 e. The molecular formula is C21H23N3O4. The summed E-state index contributed by atoms with van der Waals surface area (Å²) in [6.45, 7) is 5.03. The van der Waals surface area contributed by atoms with Crippen molar-refractivity contribution in [1.82, 2.24) is 9.47 Å². The molecule has 1 aliphatic heterocycles. The minimum atomic E-state index is -1.04. The van der Waals surface area contributed by atoms with Gasteiger partial charge in [-0.1, -0.05) is 24.3 Å². The lowest BCUT2D eigenvalue weighted by atomic mass is 9.89. The van der Waals surface area contributed by atoms with E-state index in [4.69, 9.17) is 4.42 Å². The van der Waals surface area contributed by atoms with Gasteiger partial charge in [-0.05, 0) is 43.5 Å². The number of urea groups is 1. The number of β-amino-alcohol motifs (C(OH)–C–C–N with tert-alkyl or cyclic N) is 1. The van der Waals surface area contributed by atoms with E-state index in [0.717, 1.165) is 11.1 Å². The molecule has 2 heterocycles. The Morgan fingerprint density at radius 3 is 2.82 bits per heavy atom. The van der Waals surface area contributed by atoms with Crippen LogP contribution in [0.15, 0.2) is 51.7 Å². The molecule has 1 fully saturated rings.